The van der Waals surface area contributed by atoms with Gasteiger partial charge < -0.3 is 10.2 Å². The second-order valence-electron chi connectivity index (χ2n) is 5.27. The van der Waals surface area contributed by atoms with Gasteiger partial charge in [0.25, 0.3) is 0 Å². The van der Waals surface area contributed by atoms with Crippen LogP contribution in [0.4, 0.5) is 5.69 Å². The summed E-state index contributed by atoms with van der Waals surface area (Å²) in [5.74, 6) is 0.509. The standard InChI is InChI=1S/C16H22N2O2/c1-3-6-16(20)17-10-9-13-11-18(12(2)19)15-8-5-4-7-14(13)15/h4-5,7-8,13H,3,6,9-11H2,1-2H3,(H,17,20). The number of rotatable bonds is 5. The maximum absolute atomic E-state index is 11.7. The molecule has 108 valence electrons. The quantitative estimate of drug-likeness (QED) is 0.896. The number of hydrogen-bond donors (Lipinski definition) is 1. The third kappa shape index (κ3) is 3.18. The molecule has 1 aromatic rings. The molecule has 20 heavy (non-hydrogen) atoms. The number of carbonyl (C=O) groups excluding carboxylic acids is 2. The van der Waals surface area contributed by atoms with E-state index in [1.165, 1.54) is 5.56 Å². The van der Waals surface area contributed by atoms with Crippen molar-refractivity contribution in [1.29, 1.82) is 0 Å². The van der Waals surface area contributed by atoms with Gasteiger partial charge in [0.05, 0.1) is 0 Å². The van der Waals surface area contributed by atoms with Crippen LogP contribution in [0.3, 0.4) is 0 Å². The second kappa shape index (κ2) is 6.55. The van der Waals surface area contributed by atoms with Crippen LogP contribution in [0.5, 0.6) is 0 Å². The van der Waals surface area contributed by atoms with E-state index in [0.29, 0.717) is 18.9 Å². The van der Waals surface area contributed by atoms with Crippen LogP contribution >= 0.6 is 0 Å². The van der Waals surface area contributed by atoms with Gasteiger partial charge in [-0.2, -0.15) is 0 Å². The molecule has 0 fully saturated rings. The monoisotopic (exact) mass is 274 g/mol. The highest BCUT2D eigenvalue weighted by Gasteiger charge is 2.29. The molecule has 2 rings (SSSR count). The number of hydrogen-bond acceptors (Lipinski definition) is 2. The predicted molar refractivity (Wildman–Crippen MR) is 79.7 cm³/mol. The van der Waals surface area contributed by atoms with Crippen molar-refractivity contribution in [2.45, 2.75) is 39.0 Å². The number of carbonyl (C=O) groups is 2. The SMILES string of the molecule is CCCC(=O)NCCC1CN(C(C)=O)c2ccccc21. The molecule has 0 bridgehead atoms. The first-order chi connectivity index (χ1) is 9.63. The Bertz CT molecular complexity index is 499. The lowest BCUT2D eigenvalue weighted by Gasteiger charge is -2.15. The van der Waals surface area contributed by atoms with Gasteiger partial charge in [0, 0.05) is 38.0 Å². The Balaban J connectivity index is 1.97. The fourth-order valence-corrected chi connectivity index (χ4v) is 2.74. The van der Waals surface area contributed by atoms with Crippen molar-refractivity contribution in [2.24, 2.45) is 0 Å². The lowest BCUT2D eigenvalue weighted by atomic mass is 9.98. The Morgan fingerprint density at radius 1 is 1.35 bits per heavy atom. The van der Waals surface area contributed by atoms with Crippen molar-refractivity contribution in [1.82, 2.24) is 5.32 Å². The van der Waals surface area contributed by atoms with Crippen molar-refractivity contribution in [3.8, 4) is 0 Å². The van der Waals surface area contributed by atoms with Crippen molar-refractivity contribution in [3.05, 3.63) is 29.8 Å². The van der Waals surface area contributed by atoms with Crippen LogP contribution in [0.15, 0.2) is 24.3 Å². The molecule has 1 atom stereocenters. The van der Waals surface area contributed by atoms with Gasteiger partial charge in [-0.1, -0.05) is 25.1 Å². The maximum atomic E-state index is 11.7. The summed E-state index contributed by atoms with van der Waals surface area (Å²) < 4.78 is 0. The summed E-state index contributed by atoms with van der Waals surface area (Å²) >= 11 is 0. The minimum Gasteiger partial charge on any atom is -0.356 e. The van der Waals surface area contributed by atoms with Gasteiger partial charge in [-0.05, 0) is 24.5 Å². The van der Waals surface area contributed by atoms with E-state index in [-0.39, 0.29) is 11.8 Å². The molecule has 0 spiro atoms. The summed E-state index contributed by atoms with van der Waals surface area (Å²) in [6.45, 7) is 4.99. The van der Waals surface area contributed by atoms with Crippen LogP contribution in [0.25, 0.3) is 0 Å². The molecule has 1 aliphatic heterocycles. The Labute approximate surface area is 120 Å². The fraction of sp³-hybridized carbons (Fsp3) is 0.500. The van der Waals surface area contributed by atoms with Crippen LogP contribution in [-0.4, -0.2) is 24.9 Å². The van der Waals surface area contributed by atoms with Gasteiger partial charge in [-0.25, -0.2) is 0 Å². The highest BCUT2D eigenvalue weighted by Crippen LogP contribution is 2.37. The van der Waals surface area contributed by atoms with Crippen molar-refractivity contribution in [2.75, 3.05) is 18.0 Å². The maximum Gasteiger partial charge on any atom is 0.223 e. The number of para-hydroxylation sites is 1. The molecule has 4 heteroatoms. The minimum absolute atomic E-state index is 0.0787. The van der Waals surface area contributed by atoms with E-state index in [9.17, 15) is 9.59 Å². The molecule has 1 aliphatic rings. The number of nitrogens with one attached hydrogen (secondary N) is 1. The molecule has 1 heterocycles. The van der Waals surface area contributed by atoms with Gasteiger partial charge in [0.15, 0.2) is 0 Å². The fourth-order valence-electron chi connectivity index (χ4n) is 2.74. The number of fused-ring (bicyclic) bond motifs is 1. The normalized spacial score (nSPS) is 16.9. The van der Waals surface area contributed by atoms with E-state index in [0.717, 1.165) is 25.1 Å². The first-order valence-electron chi connectivity index (χ1n) is 7.27. The molecule has 1 N–H and O–H groups in total. The molecule has 0 aliphatic carbocycles. The number of nitrogens with zero attached hydrogens (tertiary/aromatic N) is 1. The third-order valence-corrected chi connectivity index (χ3v) is 3.74. The third-order valence-electron chi connectivity index (χ3n) is 3.74. The van der Waals surface area contributed by atoms with Crippen molar-refractivity contribution in [3.63, 3.8) is 0 Å². The first-order valence-corrected chi connectivity index (χ1v) is 7.27. The van der Waals surface area contributed by atoms with E-state index in [2.05, 4.69) is 11.4 Å². The molecule has 4 nitrogen and oxygen atoms in total. The van der Waals surface area contributed by atoms with Crippen LogP contribution in [0.2, 0.25) is 0 Å². The minimum atomic E-state index is 0.0787. The van der Waals surface area contributed by atoms with Crippen LogP contribution in [0, 0.1) is 0 Å². The van der Waals surface area contributed by atoms with Gasteiger partial charge in [-0.15, -0.1) is 0 Å². The lowest BCUT2D eigenvalue weighted by molar-refractivity contribution is -0.121. The summed E-state index contributed by atoms with van der Waals surface area (Å²) in [5, 5.41) is 2.94. The molecule has 0 aromatic heterocycles. The Morgan fingerprint density at radius 3 is 2.80 bits per heavy atom. The molecule has 2 amide bonds. The van der Waals surface area contributed by atoms with Gasteiger partial charge in [0.2, 0.25) is 11.8 Å². The summed E-state index contributed by atoms with van der Waals surface area (Å²) in [7, 11) is 0. The van der Waals surface area contributed by atoms with Crippen molar-refractivity contribution >= 4 is 17.5 Å². The van der Waals surface area contributed by atoms with Crippen molar-refractivity contribution < 1.29 is 9.59 Å². The average molecular weight is 274 g/mol. The van der Waals surface area contributed by atoms with Crippen LogP contribution in [-0.2, 0) is 9.59 Å². The van der Waals surface area contributed by atoms with Gasteiger partial charge in [0.1, 0.15) is 0 Å². The number of anilines is 1. The summed E-state index contributed by atoms with van der Waals surface area (Å²) in [5.41, 5.74) is 2.23. The zero-order valence-corrected chi connectivity index (χ0v) is 12.2. The molecule has 1 unspecified atom stereocenters. The Hall–Kier alpha value is -1.84. The summed E-state index contributed by atoms with van der Waals surface area (Å²) in [6, 6.07) is 8.04. The number of benzene rings is 1. The second-order valence-corrected chi connectivity index (χ2v) is 5.27. The van der Waals surface area contributed by atoms with Crippen LogP contribution in [0.1, 0.15) is 44.6 Å². The van der Waals surface area contributed by atoms with Gasteiger partial charge >= 0.3 is 0 Å². The van der Waals surface area contributed by atoms with Gasteiger partial charge in [-0.3, -0.25) is 9.59 Å². The topological polar surface area (TPSA) is 49.4 Å². The zero-order chi connectivity index (χ0) is 14.5. The van der Waals surface area contributed by atoms with E-state index >= 15 is 0 Å². The largest absolute Gasteiger partial charge is 0.356 e. The predicted octanol–water partition coefficient (Wildman–Crippen LogP) is 2.44. The van der Waals surface area contributed by atoms with Crippen LogP contribution < -0.4 is 10.2 Å². The molecule has 0 saturated carbocycles. The smallest absolute Gasteiger partial charge is 0.223 e. The first kappa shape index (κ1) is 14.6. The summed E-state index contributed by atoms with van der Waals surface area (Å²) in [6.07, 6.45) is 2.33. The van der Waals surface area contributed by atoms with E-state index < -0.39 is 0 Å². The Morgan fingerprint density at radius 2 is 2.10 bits per heavy atom. The lowest BCUT2D eigenvalue weighted by Crippen LogP contribution is -2.29. The molecule has 1 aromatic carbocycles. The number of amides is 2. The van der Waals surface area contributed by atoms with E-state index in [4.69, 9.17) is 0 Å². The Kier molecular flexibility index (Phi) is 4.77. The molecule has 0 radical (unpaired) electrons. The highest BCUT2D eigenvalue weighted by molar-refractivity contribution is 5.94. The average Bonchev–Trinajstić information content (AvgIpc) is 2.79. The molecular formula is C16H22N2O2. The van der Waals surface area contributed by atoms with E-state index in [1.54, 1.807) is 6.92 Å². The molecular weight excluding hydrogens is 252 g/mol. The zero-order valence-electron chi connectivity index (χ0n) is 12.2. The van der Waals surface area contributed by atoms with E-state index in [1.807, 2.05) is 30.0 Å². The summed E-state index contributed by atoms with van der Waals surface area (Å²) in [4.78, 5) is 25.0. The highest BCUT2D eigenvalue weighted by atomic mass is 16.2. The molecule has 0 saturated heterocycles.